The first kappa shape index (κ1) is 20.8. The van der Waals surface area contributed by atoms with E-state index in [4.69, 9.17) is 16.3 Å². The van der Waals surface area contributed by atoms with Crippen molar-refractivity contribution in [3.8, 4) is 0 Å². The van der Waals surface area contributed by atoms with Crippen LogP contribution in [0.5, 0.6) is 0 Å². The number of nitrogens with zero attached hydrogens (tertiary/aromatic N) is 4. The Labute approximate surface area is 162 Å². The Balaban J connectivity index is 1.72. The summed E-state index contributed by atoms with van der Waals surface area (Å²) >= 11 is 6.32. The lowest BCUT2D eigenvalue weighted by molar-refractivity contribution is 0.161. The van der Waals surface area contributed by atoms with Gasteiger partial charge in [-0.1, -0.05) is 23.7 Å². The number of anilines is 1. The van der Waals surface area contributed by atoms with Crippen molar-refractivity contribution in [3.05, 3.63) is 29.3 Å². The predicted octanol–water partition coefficient (Wildman–Crippen LogP) is 2.01. The van der Waals surface area contributed by atoms with Crippen LogP contribution in [-0.4, -0.2) is 89.4 Å². The van der Waals surface area contributed by atoms with Crippen LogP contribution in [0.25, 0.3) is 0 Å². The summed E-state index contributed by atoms with van der Waals surface area (Å²) in [6.07, 6.45) is 1.08. The first-order valence-corrected chi connectivity index (χ1v) is 9.66. The minimum absolute atomic E-state index is 0.779. The SMILES string of the molecule is CN=C(NCCCN(C)CCOC)N1CCN(c2ccccc2Cl)CC1. The monoisotopic (exact) mass is 381 g/mol. The zero-order valence-electron chi connectivity index (χ0n) is 16.2. The van der Waals surface area contributed by atoms with E-state index in [1.807, 2.05) is 25.2 Å². The number of halogens is 1. The van der Waals surface area contributed by atoms with Crippen molar-refractivity contribution in [3.63, 3.8) is 0 Å². The number of piperazine rings is 1. The number of benzene rings is 1. The molecule has 0 unspecified atom stereocenters. The van der Waals surface area contributed by atoms with Crippen molar-refractivity contribution < 1.29 is 4.74 Å². The van der Waals surface area contributed by atoms with E-state index >= 15 is 0 Å². The van der Waals surface area contributed by atoms with E-state index in [9.17, 15) is 0 Å². The van der Waals surface area contributed by atoms with Crippen molar-refractivity contribution in [2.45, 2.75) is 6.42 Å². The molecule has 1 aliphatic heterocycles. The van der Waals surface area contributed by atoms with Crippen LogP contribution in [0.15, 0.2) is 29.3 Å². The fourth-order valence-corrected chi connectivity index (χ4v) is 3.36. The van der Waals surface area contributed by atoms with Crippen molar-refractivity contribution >= 4 is 23.2 Å². The number of methoxy groups -OCH3 is 1. The number of hydrogen-bond donors (Lipinski definition) is 1. The van der Waals surface area contributed by atoms with E-state index in [-0.39, 0.29) is 0 Å². The van der Waals surface area contributed by atoms with E-state index in [0.29, 0.717) is 0 Å². The van der Waals surface area contributed by atoms with Crippen LogP contribution >= 0.6 is 11.6 Å². The Kier molecular flexibility index (Phi) is 9.01. The van der Waals surface area contributed by atoms with Gasteiger partial charge in [-0.05, 0) is 32.1 Å². The maximum atomic E-state index is 6.32. The van der Waals surface area contributed by atoms with Crippen LogP contribution in [0.3, 0.4) is 0 Å². The highest BCUT2D eigenvalue weighted by molar-refractivity contribution is 6.33. The topological polar surface area (TPSA) is 43.3 Å². The zero-order valence-corrected chi connectivity index (χ0v) is 17.0. The smallest absolute Gasteiger partial charge is 0.193 e. The van der Waals surface area contributed by atoms with E-state index in [2.05, 4.69) is 38.1 Å². The highest BCUT2D eigenvalue weighted by atomic mass is 35.5. The molecule has 0 aromatic heterocycles. The molecule has 146 valence electrons. The van der Waals surface area contributed by atoms with Gasteiger partial charge in [0.1, 0.15) is 0 Å². The highest BCUT2D eigenvalue weighted by Crippen LogP contribution is 2.25. The number of para-hydroxylation sites is 1. The van der Waals surface area contributed by atoms with Crippen LogP contribution < -0.4 is 10.2 Å². The number of aliphatic imine (C=N–C) groups is 1. The molecule has 1 aromatic rings. The molecule has 1 aliphatic rings. The summed E-state index contributed by atoms with van der Waals surface area (Å²) in [7, 11) is 5.72. The van der Waals surface area contributed by atoms with Gasteiger partial charge < -0.3 is 24.8 Å². The van der Waals surface area contributed by atoms with E-state index in [1.165, 1.54) is 0 Å². The molecule has 0 saturated carbocycles. The molecule has 1 fully saturated rings. The summed E-state index contributed by atoms with van der Waals surface area (Å²) in [4.78, 5) is 11.4. The van der Waals surface area contributed by atoms with Gasteiger partial charge in [0.05, 0.1) is 17.3 Å². The molecule has 1 N–H and O–H groups in total. The lowest BCUT2D eigenvalue weighted by Gasteiger charge is -2.38. The van der Waals surface area contributed by atoms with Crippen LogP contribution in [0.1, 0.15) is 6.42 Å². The fraction of sp³-hybridized carbons (Fsp3) is 0.632. The van der Waals surface area contributed by atoms with Crippen molar-refractivity contribution in [2.24, 2.45) is 4.99 Å². The highest BCUT2D eigenvalue weighted by Gasteiger charge is 2.20. The molecule has 0 atom stereocenters. The van der Waals surface area contributed by atoms with Crippen LogP contribution in [0.4, 0.5) is 5.69 Å². The maximum Gasteiger partial charge on any atom is 0.193 e. The number of hydrogen-bond acceptors (Lipinski definition) is 4. The lowest BCUT2D eigenvalue weighted by Crippen LogP contribution is -2.52. The van der Waals surface area contributed by atoms with E-state index < -0.39 is 0 Å². The molecule has 6 nitrogen and oxygen atoms in total. The number of guanidine groups is 1. The third-order valence-corrected chi connectivity index (χ3v) is 4.98. The predicted molar refractivity (Wildman–Crippen MR) is 111 cm³/mol. The third-order valence-electron chi connectivity index (χ3n) is 4.66. The second kappa shape index (κ2) is 11.3. The summed E-state index contributed by atoms with van der Waals surface area (Å²) in [6, 6.07) is 8.05. The van der Waals surface area contributed by atoms with Gasteiger partial charge in [-0.25, -0.2) is 0 Å². The summed E-state index contributed by atoms with van der Waals surface area (Å²) in [5.74, 6) is 0.989. The molecule has 0 bridgehead atoms. The number of rotatable bonds is 8. The van der Waals surface area contributed by atoms with Gasteiger partial charge in [-0.15, -0.1) is 0 Å². The molecule has 1 heterocycles. The fourth-order valence-electron chi connectivity index (χ4n) is 3.11. The van der Waals surface area contributed by atoms with Crippen LogP contribution in [0, 0.1) is 0 Å². The molecular weight excluding hydrogens is 350 g/mol. The Hall–Kier alpha value is -1.50. The van der Waals surface area contributed by atoms with Gasteiger partial charge >= 0.3 is 0 Å². The van der Waals surface area contributed by atoms with Crippen LogP contribution in [0.2, 0.25) is 5.02 Å². The van der Waals surface area contributed by atoms with Crippen molar-refractivity contribution in [2.75, 3.05) is 78.5 Å². The molecule has 2 rings (SSSR count). The van der Waals surface area contributed by atoms with Gasteiger partial charge in [-0.3, -0.25) is 4.99 Å². The maximum absolute atomic E-state index is 6.32. The minimum atomic E-state index is 0.779. The van der Waals surface area contributed by atoms with Gasteiger partial charge in [0.25, 0.3) is 0 Å². The van der Waals surface area contributed by atoms with Gasteiger partial charge in [-0.2, -0.15) is 0 Å². The standard InChI is InChI=1S/C19H32ClN5O/c1-21-19(22-9-6-10-23(2)15-16-26-3)25-13-11-24(12-14-25)18-8-5-4-7-17(18)20/h4-5,7-8H,6,9-16H2,1-3H3,(H,21,22). The van der Waals surface area contributed by atoms with Crippen LogP contribution in [-0.2, 0) is 4.74 Å². The molecule has 0 amide bonds. The van der Waals surface area contributed by atoms with Crippen molar-refractivity contribution in [1.82, 2.24) is 15.1 Å². The summed E-state index contributed by atoms with van der Waals surface area (Å²) < 4.78 is 5.11. The summed E-state index contributed by atoms with van der Waals surface area (Å²) in [6.45, 7) is 7.50. The van der Waals surface area contributed by atoms with Gasteiger partial charge in [0.2, 0.25) is 0 Å². The second-order valence-electron chi connectivity index (χ2n) is 6.55. The molecule has 0 radical (unpaired) electrons. The lowest BCUT2D eigenvalue weighted by atomic mass is 10.2. The number of likely N-dealkylation sites (N-methyl/N-ethyl adjacent to an activating group) is 1. The molecule has 1 aromatic carbocycles. The average molecular weight is 382 g/mol. The first-order chi connectivity index (χ1) is 12.7. The number of ether oxygens (including phenoxy) is 1. The summed E-state index contributed by atoms with van der Waals surface area (Å²) in [5.41, 5.74) is 1.12. The molecular formula is C19H32ClN5O. The molecule has 0 aliphatic carbocycles. The Morgan fingerprint density at radius 1 is 1.23 bits per heavy atom. The zero-order chi connectivity index (χ0) is 18.8. The third kappa shape index (κ3) is 6.34. The summed E-state index contributed by atoms with van der Waals surface area (Å²) in [5, 5.41) is 4.31. The molecule has 1 saturated heterocycles. The van der Waals surface area contributed by atoms with Gasteiger partial charge in [0, 0.05) is 53.4 Å². The molecule has 0 spiro atoms. The first-order valence-electron chi connectivity index (χ1n) is 9.28. The minimum Gasteiger partial charge on any atom is -0.383 e. The molecule has 26 heavy (non-hydrogen) atoms. The Bertz CT molecular complexity index is 561. The van der Waals surface area contributed by atoms with Gasteiger partial charge in [0.15, 0.2) is 5.96 Å². The molecule has 7 heteroatoms. The second-order valence-corrected chi connectivity index (χ2v) is 6.96. The van der Waals surface area contributed by atoms with Crippen molar-refractivity contribution in [1.29, 1.82) is 0 Å². The Morgan fingerprint density at radius 2 is 1.96 bits per heavy atom. The largest absolute Gasteiger partial charge is 0.383 e. The average Bonchev–Trinajstić information content (AvgIpc) is 2.67. The van der Waals surface area contributed by atoms with E-state index in [0.717, 1.165) is 75.5 Å². The number of nitrogens with one attached hydrogen (secondary N) is 1. The quantitative estimate of drug-likeness (QED) is 0.424. The Morgan fingerprint density at radius 3 is 2.62 bits per heavy atom. The normalized spacial score (nSPS) is 15.7. The van der Waals surface area contributed by atoms with E-state index in [1.54, 1.807) is 7.11 Å².